The molecule has 1 fully saturated rings. The molecule has 5 aromatic rings. The van der Waals surface area contributed by atoms with Gasteiger partial charge in [-0.2, -0.15) is 5.10 Å². The minimum Gasteiger partial charge on any atom is -0.454 e. The topological polar surface area (TPSA) is 88.5 Å². The van der Waals surface area contributed by atoms with Gasteiger partial charge in [0.1, 0.15) is 11.3 Å². The number of hydrogen-bond donors (Lipinski definition) is 0. The molecule has 208 valence electrons. The molecule has 2 aromatic carbocycles. The van der Waals surface area contributed by atoms with Crippen molar-refractivity contribution in [2.75, 3.05) is 13.2 Å². The van der Waals surface area contributed by atoms with E-state index in [1.807, 2.05) is 86.8 Å². The van der Waals surface area contributed by atoms with Crippen molar-refractivity contribution >= 4 is 28.8 Å². The summed E-state index contributed by atoms with van der Waals surface area (Å²) in [6, 6.07) is 21.2. The number of ketones is 1. The second kappa shape index (κ2) is 11.4. The van der Waals surface area contributed by atoms with Gasteiger partial charge in [0, 0.05) is 53.3 Å². The summed E-state index contributed by atoms with van der Waals surface area (Å²) in [5.41, 5.74) is 5.29. The molecule has 0 radical (unpaired) electrons. The van der Waals surface area contributed by atoms with Crippen molar-refractivity contribution < 1.29 is 23.5 Å². The van der Waals surface area contributed by atoms with Crippen LogP contribution in [0.5, 0.6) is 0 Å². The number of esters is 1. The fourth-order valence-corrected chi connectivity index (χ4v) is 5.29. The molecule has 0 bridgehead atoms. The van der Waals surface area contributed by atoms with Crippen LogP contribution in [0, 0.1) is 13.8 Å². The second-order valence-electron chi connectivity index (χ2n) is 10.3. The smallest absolute Gasteiger partial charge is 0.331 e. The third-order valence-electron chi connectivity index (χ3n) is 7.45. The molecule has 3 aromatic heterocycles. The average Bonchev–Trinajstić information content (AvgIpc) is 3.79. The first kappa shape index (κ1) is 26.5. The van der Waals surface area contributed by atoms with Gasteiger partial charge in [-0.1, -0.05) is 36.4 Å². The van der Waals surface area contributed by atoms with Crippen molar-refractivity contribution in [3.05, 3.63) is 102 Å². The molecule has 1 aliphatic rings. The number of aryl methyl sites for hydroxylation is 1. The predicted molar refractivity (Wildman–Crippen MR) is 156 cm³/mol. The highest BCUT2D eigenvalue weighted by atomic mass is 16.5. The van der Waals surface area contributed by atoms with Gasteiger partial charge in [0.25, 0.3) is 0 Å². The number of nitrogens with zero attached hydrogens (tertiary/aromatic N) is 3. The highest BCUT2D eigenvalue weighted by Gasteiger charge is 2.22. The van der Waals surface area contributed by atoms with Crippen LogP contribution in [0.25, 0.3) is 34.2 Å². The molecule has 0 saturated carbocycles. The molecule has 0 aliphatic carbocycles. The number of aromatic nitrogens is 3. The van der Waals surface area contributed by atoms with Gasteiger partial charge in [0.15, 0.2) is 12.4 Å². The van der Waals surface area contributed by atoms with Crippen LogP contribution in [0.3, 0.4) is 0 Å². The fourth-order valence-electron chi connectivity index (χ4n) is 5.29. The summed E-state index contributed by atoms with van der Waals surface area (Å²) in [5, 5.41) is 5.71. The highest BCUT2D eigenvalue weighted by Crippen LogP contribution is 2.30. The minimum absolute atomic E-state index is 0.168. The number of carbonyl (C=O) groups is 2. The molecule has 8 heteroatoms. The van der Waals surface area contributed by atoms with Gasteiger partial charge >= 0.3 is 5.97 Å². The summed E-state index contributed by atoms with van der Waals surface area (Å²) >= 11 is 0. The Bertz CT molecular complexity index is 1700. The summed E-state index contributed by atoms with van der Waals surface area (Å²) in [5.74, 6) is -0.268. The number of furan rings is 1. The van der Waals surface area contributed by atoms with E-state index in [0.717, 1.165) is 54.0 Å². The number of Topliss-reactive ketones (excluding diaryl/α,β-unsaturated/α-hetero) is 1. The maximum atomic E-state index is 13.0. The molecule has 6 rings (SSSR count). The maximum absolute atomic E-state index is 13.0. The van der Waals surface area contributed by atoms with E-state index < -0.39 is 5.97 Å². The lowest BCUT2D eigenvalue weighted by Gasteiger charge is -2.14. The monoisotopic (exact) mass is 549 g/mol. The van der Waals surface area contributed by atoms with Gasteiger partial charge in [-0.05, 0) is 63.1 Å². The molecular formula is C33H31N3O5. The average molecular weight is 550 g/mol. The summed E-state index contributed by atoms with van der Waals surface area (Å²) in [4.78, 5) is 25.6. The van der Waals surface area contributed by atoms with Crippen molar-refractivity contribution in [2.24, 2.45) is 0 Å². The molecule has 0 spiro atoms. The number of hydrogen-bond acceptors (Lipinski definition) is 6. The zero-order chi connectivity index (χ0) is 28.3. The summed E-state index contributed by atoms with van der Waals surface area (Å²) in [6.07, 6.45) is 7.03. The molecular weight excluding hydrogens is 518 g/mol. The van der Waals surface area contributed by atoms with Crippen molar-refractivity contribution in [1.29, 1.82) is 0 Å². The van der Waals surface area contributed by atoms with E-state index >= 15 is 0 Å². The standard InChI is InChI=1S/C33H31N3O5/c1-22-17-28(23(2)35(22)20-27-12-8-16-39-27)29(37)21-40-32(38)15-14-25-19-36(26-10-4-3-5-11-26)34-33(25)31-18-24-9-6-7-13-30(24)41-31/h3-7,9-11,13-15,17-19,27H,8,12,16,20-21H2,1-2H3/b15-14+. The van der Waals surface area contributed by atoms with Gasteiger partial charge in [0.2, 0.25) is 5.78 Å². The SMILES string of the molecule is Cc1cc(C(=O)COC(=O)/C=C/c2cn(-c3ccccc3)nc2-c2cc3ccccc3o2)c(C)n1CC1CCCO1. The Kier molecular flexibility index (Phi) is 7.39. The van der Waals surface area contributed by atoms with Gasteiger partial charge in [0.05, 0.1) is 11.8 Å². The number of para-hydroxylation sites is 2. The lowest BCUT2D eigenvalue weighted by Crippen LogP contribution is -2.18. The van der Waals surface area contributed by atoms with Crippen LogP contribution in [0.4, 0.5) is 0 Å². The van der Waals surface area contributed by atoms with E-state index in [0.29, 0.717) is 22.6 Å². The number of benzene rings is 2. The summed E-state index contributed by atoms with van der Waals surface area (Å²) in [6.45, 7) is 5.06. The normalized spacial score (nSPS) is 15.2. The largest absolute Gasteiger partial charge is 0.454 e. The quantitative estimate of drug-likeness (QED) is 0.121. The van der Waals surface area contributed by atoms with Gasteiger partial charge in [-0.25, -0.2) is 9.48 Å². The zero-order valence-corrected chi connectivity index (χ0v) is 23.1. The van der Waals surface area contributed by atoms with Gasteiger partial charge in [-0.3, -0.25) is 4.79 Å². The zero-order valence-electron chi connectivity index (χ0n) is 23.1. The first-order valence-corrected chi connectivity index (χ1v) is 13.8. The number of carbonyl (C=O) groups excluding carboxylic acids is 2. The van der Waals surface area contributed by atoms with E-state index in [-0.39, 0.29) is 18.5 Å². The lowest BCUT2D eigenvalue weighted by atomic mass is 10.1. The first-order valence-electron chi connectivity index (χ1n) is 13.8. The van der Waals surface area contributed by atoms with Crippen LogP contribution < -0.4 is 0 Å². The second-order valence-corrected chi connectivity index (χ2v) is 10.3. The van der Waals surface area contributed by atoms with E-state index in [1.165, 1.54) is 6.08 Å². The minimum atomic E-state index is -0.616. The number of ether oxygens (including phenoxy) is 2. The maximum Gasteiger partial charge on any atom is 0.331 e. The van der Waals surface area contributed by atoms with Crippen LogP contribution in [-0.2, 0) is 20.8 Å². The Morgan fingerprint density at radius 3 is 2.66 bits per heavy atom. The van der Waals surface area contributed by atoms with E-state index in [9.17, 15) is 9.59 Å². The van der Waals surface area contributed by atoms with Crippen LogP contribution in [-0.4, -0.2) is 45.4 Å². The Morgan fingerprint density at radius 2 is 1.88 bits per heavy atom. The fraction of sp³-hybridized carbons (Fsp3) is 0.242. The van der Waals surface area contributed by atoms with Gasteiger partial charge in [-0.15, -0.1) is 0 Å². The summed E-state index contributed by atoms with van der Waals surface area (Å²) in [7, 11) is 0. The third kappa shape index (κ3) is 5.64. The van der Waals surface area contributed by atoms with Crippen molar-refractivity contribution in [3.8, 4) is 17.1 Å². The Labute approximate surface area is 237 Å². The number of rotatable bonds is 9. The van der Waals surface area contributed by atoms with Gasteiger partial charge < -0.3 is 18.5 Å². The Morgan fingerprint density at radius 1 is 1.07 bits per heavy atom. The molecule has 0 amide bonds. The van der Waals surface area contributed by atoms with Crippen LogP contribution >= 0.6 is 0 Å². The summed E-state index contributed by atoms with van der Waals surface area (Å²) < 4.78 is 21.0. The molecule has 1 unspecified atom stereocenters. The lowest BCUT2D eigenvalue weighted by molar-refractivity contribution is -0.136. The highest BCUT2D eigenvalue weighted by molar-refractivity contribution is 6.00. The Balaban J connectivity index is 1.18. The Hall–Kier alpha value is -4.69. The predicted octanol–water partition coefficient (Wildman–Crippen LogP) is 6.32. The van der Waals surface area contributed by atoms with Crippen molar-refractivity contribution in [2.45, 2.75) is 39.3 Å². The van der Waals surface area contributed by atoms with E-state index in [4.69, 9.17) is 19.0 Å². The van der Waals surface area contributed by atoms with E-state index in [1.54, 1.807) is 10.8 Å². The molecule has 1 aliphatic heterocycles. The van der Waals surface area contributed by atoms with Crippen LogP contribution in [0.15, 0.2) is 83.4 Å². The van der Waals surface area contributed by atoms with Crippen LogP contribution in [0.2, 0.25) is 0 Å². The van der Waals surface area contributed by atoms with Crippen LogP contribution in [0.1, 0.15) is 40.2 Å². The molecule has 1 saturated heterocycles. The van der Waals surface area contributed by atoms with Crippen molar-refractivity contribution in [1.82, 2.24) is 14.3 Å². The number of fused-ring (bicyclic) bond motifs is 1. The molecule has 41 heavy (non-hydrogen) atoms. The molecule has 8 nitrogen and oxygen atoms in total. The van der Waals surface area contributed by atoms with Crippen molar-refractivity contribution in [3.63, 3.8) is 0 Å². The first-order chi connectivity index (χ1) is 20.0. The molecule has 1 atom stereocenters. The molecule has 0 N–H and O–H groups in total. The third-order valence-corrected chi connectivity index (χ3v) is 7.45. The van der Waals surface area contributed by atoms with E-state index in [2.05, 4.69) is 4.57 Å². The molecule has 4 heterocycles.